The van der Waals surface area contributed by atoms with Crippen LogP contribution in [0.15, 0.2) is 40.6 Å². The molecule has 0 spiro atoms. The van der Waals surface area contributed by atoms with E-state index >= 15 is 0 Å². The first-order valence-electron chi connectivity index (χ1n) is 8.51. The zero-order valence-corrected chi connectivity index (χ0v) is 17.3. The molecule has 1 amide bonds. The van der Waals surface area contributed by atoms with E-state index in [1.807, 2.05) is 18.2 Å². The number of ether oxygens (including phenoxy) is 1. The van der Waals surface area contributed by atoms with Gasteiger partial charge in [-0.05, 0) is 29.8 Å². The summed E-state index contributed by atoms with van der Waals surface area (Å²) in [6, 6.07) is 10.7. The Kier molecular flexibility index (Phi) is 6.54. The number of amides is 1. The lowest BCUT2D eigenvalue weighted by molar-refractivity contribution is -0.129. The van der Waals surface area contributed by atoms with Crippen LogP contribution < -0.4 is 0 Å². The van der Waals surface area contributed by atoms with Crippen LogP contribution in [0.25, 0.3) is 0 Å². The smallest absolute Gasteiger partial charge is 0.252 e. The fourth-order valence-electron chi connectivity index (χ4n) is 2.79. The molecule has 0 aliphatic carbocycles. The number of hydrogen-bond donors (Lipinski definition) is 0. The summed E-state index contributed by atoms with van der Waals surface area (Å²) in [5, 5.41) is 0.629. The van der Waals surface area contributed by atoms with Crippen LogP contribution in [0.1, 0.15) is 10.4 Å². The third-order valence-electron chi connectivity index (χ3n) is 4.26. The van der Waals surface area contributed by atoms with Crippen molar-refractivity contribution in [3.05, 3.63) is 51.9 Å². The minimum Gasteiger partial charge on any atom is -0.379 e. The summed E-state index contributed by atoms with van der Waals surface area (Å²) in [5.41, 5.74) is 0.945. The molecule has 2 heterocycles. The maximum absolute atomic E-state index is 12.7. The van der Waals surface area contributed by atoms with Crippen molar-refractivity contribution in [3.63, 3.8) is 0 Å². The van der Waals surface area contributed by atoms with E-state index in [2.05, 4.69) is 0 Å². The Morgan fingerprint density at radius 2 is 2.00 bits per heavy atom. The van der Waals surface area contributed by atoms with Gasteiger partial charge in [0.15, 0.2) is 0 Å². The molecule has 1 aromatic heterocycles. The molecule has 1 aliphatic heterocycles. The van der Waals surface area contributed by atoms with E-state index in [-0.39, 0.29) is 16.5 Å². The molecule has 0 N–H and O–H groups in total. The van der Waals surface area contributed by atoms with Crippen LogP contribution in [0.3, 0.4) is 0 Å². The molecule has 1 fully saturated rings. The van der Waals surface area contributed by atoms with Crippen LogP contribution in [-0.4, -0.2) is 56.9 Å². The van der Waals surface area contributed by atoms with E-state index in [9.17, 15) is 13.2 Å². The van der Waals surface area contributed by atoms with Crippen molar-refractivity contribution < 1.29 is 17.9 Å². The number of rotatable bonds is 6. The molecule has 6 nitrogen and oxygen atoms in total. The summed E-state index contributed by atoms with van der Waals surface area (Å²) in [4.78, 5) is 14.8. The lowest BCUT2D eigenvalue weighted by Crippen LogP contribution is -2.40. The molecule has 0 atom stereocenters. The van der Waals surface area contributed by atoms with Gasteiger partial charge in [-0.3, -0.25) is 4.79 Å². The maximum Gasteiger partial charge on any atom is 0.252 e. The van der Waals surface area contributed by atoms with Crippen LogP contribution in [0, 0.1) is 0 Å². The monoisotopic (exact) mass is 428 g/mol. The number of carbonyl (C=O) groups excluding carboxylic acids is 1. The Hall–Kier alpha value is -1.45. The Morgan fingerprint density at radius 1 is 1.26 bits per heavy atom. The van der Waals surface area contributed by atoms with Gasteiger partial charge >= 0.3 is 0 Å². The normalized spacial score (nSPS) is 15.6. The van der Waals surface area contributed by atoms with Crippen LogP contribution in [0.5, 0.6) is 0 Å². The van der Waals surface area contributed by atoms with E-state index in [1.54, 1.807) is 30.1 Å². The molecule has 3 rings (SSSR count). The molecule has 2 aromatic rings. The number of benzene rings is 1. The number of halogens is 1. The van der Waals surface area contributed by atoms with E-state index < -0.39 is 10.0 Å². The molecule has 0 bridgehead atoms. The molecule has 146 valence electrons. The number of hydrogen-bond acceptors (Lipinski definition) is 5. The topological polar surface area (TPSA) is 66.9 Å². The summed E-state index contributed by atoms with van der Waals surface area (Å²) < 4.78 is 32.2. The van der Waals surface area contributed by atoms with Crippen molar-refractivity contribution >= 4 is 38.9 Å². The zero-order chi connectivity index (χ0) is 19.4. The first-order valence-corrected chi connectivity index (χ1v) is 11.1. The highest BCUT2D eigenvalue weighted by atomic mass is 35.5. The second-order valence-electron chi connectivity index (χ2n) is 6.29. The molecular formula is C18H21ClN2O4S2. The fourth-order valence-corrected chi connectivity index (χ4v) is 5.91. The Labute approximate surface area is 168 Å². The fraction of sp³-hybridized carbons (Fsp3) is 0.389. The van der Waals surface area contributed by atoms with E-state index in [4.69, 9.17) is 16.3 Å². The minimum absolute atomic E-state index is 0.0767. The van der Waals surface area contributed by atoms with Crippen LogP contribution in [0.2, 0.25) is 5.02 Å². The number of carbonyl (C=O) groups is 1. The maximum atomic E-state index is 12.7. The van der Waals surface area contributed by atoms with Crippen LogP contribution in [-0.2, 0) is 32.5 Å². The third-order valence-corrected chi connectivity index (χ3v) is 7.95. The van der Waals surface area contributed by atoms with Crippen molar-refractivity contribution in [3.8, 4) is 0 Å². The predicted molar refractivity (Wildman–Crippen MR) is 106 cm³/mol. The van der Waals surface area contributed by atoms with Gasteiger partial charge in [-0.2, -0.15) is 4.31 Å². The van der Waals surface area contributed by atoms with Gasteiger partial charge in [-0.1, -0.05) is 23.7 Å². The van der Waals surface area contributed by atoms with Gasteiger partial charge in [0.25, 0.3) is 10.0 Å². The van der Waals surface area contributed by atoms with Gasteiger partial charge in [-0.25, -0.2) is 8.42 Å². The largest absolute Gasteiger partial charge is 0.379 e. The van der Waals surface area contributed by atoms with Crippen molar-refractivity contribution in [2.75, 3.05) is 33.4 Å². The highest BCUT2D eigenvalue weighted by Gasteiger charge is 2.28. The summed E-state index contributed by atoms with van der Waals surface area (Å²) >= 11 is 7.13. The van der Waals surface area contributed by atoms with Gasteiger partial charge in [0.05, 0.1) is 19.6 Å². The highest BCUT2D eigenvalue weighted by Crippen LogP contribution is 2.26. The van der Waals surface area contributed by atoms with Crippen molar-refractivity contribution in [2.24, 2.45) is 0 Å². The van der Waals surface area contributed by atoms with Crippen molar-refractivity contribution in [1.29, 1.82) is 0 Å². The first-order chi connectivity index (χ1) is 12.9. The summed E-state index contributed by atoms with van der Waals surface area (Å²) in [6.07, 6.45) is 0.167. The average molecular weight is 429 g/mol. The molecule has 9 heteroatoms. The van der Waals surface area contributed by atoms with E-state index in [0.717, 1.165) is 21.8 Å². The predicted octanol–water partition coefficient (Wildman–Crippen LogP) is 2.62. The Bertz CT molecular complexity index is 908. The number of morpholine rings is 1. The zero-order valence-electron chi connectivity index (χ0n) is 14.9. The van der Waals surface area contributed by atoms with Crippen molar-refractivity contribution in [2.45, 2.75) is 17.2 Å². The molecule has 1 aliphatic rings. The van der Waals surface area contributed by atoms with Gasteiger partial charge < -0.3 is 9.64 Å². The molecule has 1 saturated heterocycles. The van der Waals surface area contributed by atoms with E-state index in [1.165, 1.54) is 4.31 Å². The van der Waals surface area contributed by atoms with Gasteiger partial charge in [0.2, 0.25) is 5.91 Å². The van der Waals surface area contributed by atoms with Gasteiger partial charge in [0, 0.05) is 36.6 Å². The summed E-state index contributed by atoms with van der Waals surface area (Å²) in [5.74, 6) is -0.0767. The second kappa shape index (κ2) is 8.70. The SMILES string of the molecule is CN(Cc1cccc(Cl)c1)C(=O)Cc1ccc(S(=O)(=O)N2CCOCC2)s1. The Morgan fingerprint density at radius 3 is 2.70 bits per heavy atom. The molecular weight excluding hydrogens is 408 g/mol. The number of thiophene rings is 1. The number of likely N-dealkylation sites (N-methyl/N-ethyl adjacent to an activating group) is 1. The van der Waals surface area contributed by atoms with Gasteiger partial charge in [0.1, 0.15) is 4.21 Å². The molecule has 0 unspecified atom stereocenters. The highest BCUT2D eigenvalue weighted by molar-refractivity contribution is 7.91. The van der Waals surface area contributed by atoms with Crippen LogP contribution >= 0.6 is 22.9 Å². The first kappa shape index (κ1) is 20.3. The molecule has 27 heavy (non-hydrogen) atoms. The molecule has 1 aromatic carbocycles. The third kappa shape index (κ3) is 5.08. The number of nitrogens with zero attached hydrogens (tertiary/aromatic N) is 2. The van der Waals surface area contributed by atoms with Crippen LogP contribution in [0.4, 0.5) is 0 Å². The molecule has 0 radical (unpaired) electrons. The lowest BCUT2D eigenvalue weighted by Gasteiger charge is -2.25. The Balaban J connectivity index is 1.63. The standard InChI is InChI=1S/C18H21ClN2O4S2/c1-20(13-14-3-2-4-15(19)11-14)17(22)12-16-5-6-18(26-16)27(23,24)21-7-9-25-10-8-21/h2-6,11H,7-10,12-13H2,1H3. The summed E-state index contributed by atoms with van der Waals surface area (Å²) in [6.45, 7) is 1.98. The lowest BCUT2D eigenvalue weighted by atomic mass is 10.2. The van der Waals surface area contributed by atoms with Gasteiger partial charge in [-0.15, -0.1) is 11.3 Å². The van der Waals surface area contributed by atoms with Crippen molar-refractivity contribution in [1.82, 2.24) is 9.21 Å². The van der Waals surface area contributed by atoms with E-state index in [0.29, 0.717) is 37.9 Å². The number of sulfonamides is 1. The minimum atomic E-state index is -3.52. The summed E-state index contributed by atoms with van der Waals surface area (Å²) in [7, 11) is -1.79. The average Bonchev–Trinajstić information content (AvgIpc) is 3.12. The quantitative estimate of drug-likeness (QED) is 0.709. The second-order valence-corrected chi connectivity index (χ2v) is 10.1. The molecule has 0 saturated carbocycles.